The van der Waals surface area contributed by atoms with E-state index >= 15 is 0 Å². The number of hydrogen-bond donors (Lipinski definition) is 1. The molecule has 90 valence electrons. The Morgan fingerprint density at radius 3 is 2.31 bits per heavy atom. The summed E-state index contributed by atoms with van der Waals surface area (Å²) in [4.78, 5) is 0. The summed E-state index contributed by atoms with van der Waals surface area (Å²) in [6, 6.07) is 10.7. The maximum absolute atomic E-state index is 5.89. The van der Waals surface area contributed by atoms with Gasteiger partial charge in [-0.2, -0.15) is 0 Å². The first-order valence-corrected chi connectivity index (χ1v) is 6.32. The number of hydrogen-bond acceptors (Lipinski definition) is 1. The van der Waals surface area contributed by atoms with Crippen LogP contribution in [0, 0.1) is 11.3 Å². The molecule has 1 unspecified atom stereocenters. The highest BCUT2D eigenvalue weighted by atomic mass is 14.6. The molecule has 0 aromatic heterocycles. The van der Waals surface area contributed by atoms with Crippen molar-refractivity contribution in [2.75, 3.05) is 6.54 Å². The summed E-state index contributed by atoms with van der Waals surface area (Å²) in [6.45, 7) is 7.65. The van der Waals surface area contributed by atoms with Gasteiger partial charge in [0.2, 0.25) is 0 Å². The molecule has 1 nitrogen and oxygen atoms in total. The molecule has 0 aliphatic rings. The molecule has 1 aromatic rings. The van der Waals surface area contributed by atoms with Crippen molar-refractivity contribution in [3.8, 4) is 0 Å². The topological polar surface area (TPSA) is 26.0 Å². The number of nitrogens with two attached hydrogens (primary N) is 1. The first-order chi connectivity index (χ1) is 7.58. The largest absolute Gasteiger partial charge is 0.330 e. The summed E-state index contributed by atoms with van der Waals surface area (Å²) < 4.78 is 0. The Morgan fingerprint density at radius 2 is 1.81 bits per heavy atom. The van der Waals surface area contributed by atoms with Gasteiger partial charge in [-0.1, -0.05) is 51.1 Å². The van der Waals surface area contributed by atoms with Crippen LogP contribution in [-0.4, -0.2) is 6.54 Å². The third kappa shape index (κ3) is 3.64. The lowest BCUT2D eigenvalue weighted by Crippen LogP contribution is -2.32. The first kappa shape index (κ1) is 13.2. The third-order valence-corrected chi connectivity index (χ3v) is 3.92. The zero-order valence-corrected chi connectivity index (χ0v) is 10.9. The van der Waals surface area contributed by atoms with Crippen LogP contribution >= 0.6 is 0 Å². The van der Waals surface area contributed by atoms with Crippen molar-refractivity contribution in [3.63, 3.8) is 0 Å². The Labute approximate surface area is 100 Å². The summed E-state index contributed by atoms with van der Waals surface area (Å²) >= 11 is 0. The minimum atomic E-state index is 0.300. The molecular formula is C15H25N. The molecule has 0 fully saturated rings. The minimum absolute atomic E-state index is 0.300. The standard InChI is InChI=1S/C15H25N/c1-13(2)15(3,12-16)11-7-10-14-8-5-4-6-9-14/h4-6,8-9,13H,7,10-12,16H2,1-3H3. The molecule has 1 aromatic carbocycles. The van der Waals surface area contributed by atoms with Gasteiger partial charge in [-0.3, -0.25) is 0 Å². The summed E-state index contributed by atoms with van der Waals surface area (Å²) in [6.07, 6.45) is 3.62. The summed E-state index contributed by atoms with van der Waals surface area (Å²) in [5.41, 5.74) is 7.62. The Bertz CT molecular complexity index is 292. The van der Waals surface area contributed by atoms with Crippen LogP contribution in [0.25, 0.3) is 0 Å². The lowest BCUT2D eigenvalue weighted by molar-refractivity contribution is 0.205. The lowest BCUT2D eigenvalue weighted by atomic mass is 9.75. The van der Waals surface area contributed by atoms with E-state index in [0.717, 1.165) is 6.54 Å². The third-order valence-electron chi connectivity index (χ3n) is 3.92. The van der Waals surface area contributed by atoms with Gasteiger partial charge in [0.1, 0.15) is 0 Å². The monoisotopic (exact) mass is 219 g/mol. The van der Waals surface area contributed by atoms with Crippen LogP contribution in [0.5, 0.6) is 0 Å². The van der Waals surface area contributed by atoms with Crippen molar-refractivity contribution < 1.29 is 0 Å². The van der Waals surface area contributed by atoms with Gasteiger partial charge in [0.15, 0.2) is 0 Å². The van der Waals surface area contributed by atoms with Gasteiger partial charge in [0.25, 0.3) is 0 Å². The van der Waals surface area contributed by atoms with Gasteiger partial charge >= 0.3 is 0 Å². The Kier molecular flexibility index (Phi) is 5.01. The van der Waals surface area contributed by atoms with Crippen molar-refractivity contribution >= 4 is 0 Å². The highest BCUT2D eigenvalue weighted by molar-refractivity contribution is 5.14. The Hall–Kier alpha value is -0.820. The Balaban J connectivity index is 2.40. The molecule has 0 bridgehead atoms. The van der Waals surface area contributed by atoms with Crippen molar-refractivity contribution in [1.82, 2.24) is 0 Å². The van der Waals surface area contributed by atoms with Crippen molar-refractivity contribution in [2.24, 2.45) is 17.1 Å². The average molecular weight is 219 g/mol. The van der Waals surface area contributed by atoms with Crippen LogP contribution in [0.1, 0.15) is 39.2 Å². The van der Waals surface area contributed by atoms with Crippen molar-refractivity contribution in [3.05, 3.63) is 35.9 Å². The van der Waals surface area contributed by atoms with E-state index in [1.807, 2.05) is 0 Å². The highest BCUT2D eigenvalue weighted by Gasteiger charge is 2.25. The van der Waals surface area contributed by atoms with Crippen molar-refractivity contribution in [2.45, 2.75) is 40.0 Å². The molecule has 0 amide bonds. The highest BCUT2D eigenvalue weighted by Crippen LogP contribution is 2.31. The quantitative estimate of drug-likeness (QED) is 0.777. The molecule has 0 saturated carbocycles. The van der Waals surface area contributed by atoms with E-state index in [-0.39, 0.29) is 0 Å². The van der Waals surface area contributed by atoms with E-state index in [2.05, 4.69) is 51.1 Å². The molecule has 0 heterocycles. The molecule has 1 heteroatoms. The second-order valence-electron chi connectivity index (χ2n) is 5.35. The van der Waals surface area contributed by atoms with Crippen LogP contribution < -0.4 is 5.73 Å². The second-order valence-corrected chi connectivity index (χ2v) is 5.35. The summed E-state index contributed by atoms with van der Waals surface area (Å²) in [7, 11) is 0. The number of benzene rings is 1. The number of rotatable bonds is 6. The molecule has 16 heavy (non-hydrogen) atoms. The Morgan fingerprint density at radius 1 is 1.19 bits per heavy atom. The van der Waals surface area contributed by atoms with Crippen LogP contribution in [0.2, 0.25) is 0 Å². The minimum Gasteiger partial charge on any atom is -0.330 e. The van der Waals surface area contributed by atoms with E-state index in [9.17, 15) is 0 Å². The first-order valence-electron chi connectivity index (χ1n) is 6.32. The summed E-state index contributed by atoms with van der Waals surface area (Å²) in [5, 5.41) is 0. The fourth-order valence-corrected chi connectivity index (χ4v) is 1.97. The zero-order valence-electron chi connectivity index (χ0n) is 10.9. The molecule has 2 N–H and O–H groups in total. The molecule has 0 aliphatic heterocycles. The molecular weight excluding hydrogens is 194 g/mol. The predicted molar refractivity (Wildman–Crippen MR) is 71.4 cm³/mol. The van der Waals surface area contributed by atoms with Gasteiger partial charge in [-0.25, -0.2) is 0 Å². The average Bonchev–Trinajstić information content (AvgIpc) is 2.30. The zero-order chi connectivity index (χ0) is 12.0. The van der Waals surface area contributed by atoms with Gasteiger partial charge in [0.05, 0.1) is 0 Å². The normalized spacial score (nSPS) is 15.1. The van der Waals surface area contributed by atoms with Crippen molar-refractivity contribution in [1.29, 1.82) is 0 Å². The van der Waals surface area contributed by atoms with Gasteiger partial charge in [-0.15, -0.1) is 0 Å². The molecule has 1 rings (SSSR count). The molecule has 0 spiro atoms. The predicted octanol–water partition coefficient (Wildman–Crippen LogP) is 3.63. The lowest BCUT2D eigenvalue weighted by Gasteiger charge is -2.32. The number of aryl methyl sites for hydroxylation is 1. The smallest absolute Gasteiger partial charge is 0.00207 e. The fraction of sp³-hybridized carbons (Fsp3) is 0.600. The van der Waals surface area contributed by atoms with Crippen LogP contribution in [0.15, 0.2) is 30.3 Å². The van der Waals surface area contributed by atoms with E-state index in [0.29, 0.717) is 11.3 Å². The van der Waals surface area contributed by atoms with E-state index in [1.54, 1.807) is 0 Å². The van der Waals surface area contributed by atoms with Gasteiger partial charge in [0, 0.05) is 0 Å². The second kappa shape index (κ2) is 6.05. The van der Waals surface area contributed by atoms with Gasteiger partial charge < -0.3 is 5.73 Å². The van der Waals surface area contributed by atoms with E-state index in [4.69, 9.17) is 5.73 Å². The molecule has 0 aliphatic carbocycles. The molecule has 0 saturated heterocycles. The van der Waals surface area contributed by atoms with Gasteiger partial charge in [-0.05, 0) is 42.7 Å². The van der Waals surface area contributed by atoms with Crippen LogP contribution in [0.4, 0.5) is 0 Å². The van der Waals surface area contributed by atoms with Crippen LogP contribution in [-0.2, 0) is 6.42 Å². The summed E-state index contributed by atoms with van der Waals surface area (Å²) in [5.74, 6) is 0.660. The molecule has 0 radical (unpaired) electrons. The molecule has 1 atom stereocenters. The maximum Gasteiger partial charge on any atom is -0.00207 e. The van der Waals surface area contributed by atoms with E-state index in [1.165, 1.54) is 24.8 Å². The maximum atomic E-state index is 5.89. The van der Waals surface area contributed by atoms with Crippen LogP contribution in [0.3, 0.4) is 0 Å². The van der Waals surface area contributed by atoms with E-state index < -0.39 is 0 Å². The SMILES string of the molecule is CC(C)C(C)(CN)CCCc1ccccc1. The fourth-order valence-electron chi connectivity index (χ4n) is 1.97.